The summed E-state index contributed by atoms with van der Waals surface area (Å²) in [6.07, 6.45) is 2.72. The number of rotatable bonds is 6. The molecule has 0 aliphatic carbocycles. The van der Waals surface area contributed by atoms with Crippen LogP contribution in [0, 0.1) is 5.92 Å². The van der Waals surface area contributed by atoms with Gasteiger partial charge in [-0.15, -0.1) is 0 Å². The van der Waals surface area contributed by atoms with E-state index in [0.29, 0.717) is 25.7 Å². The van der Waals surface area contributed by atoms with E-state index >= 15 is 0 Å². The molecule has 5 nitrogen and oxygen atoms in total. The van der Waals surface area contributed by atoms with Gasteiger partial charge in [-0.1, -0.05) is 0 Å². The van der Waals surface area contributed by atoms with Crippen molar-refractivity contribution in [2.45, 2.75) is 51.7 Å². The molecule has 1 rings (SSSR count). The average molecular weight is 272 g/mol. The van der Waals surface area contributed by atoms with E-state index in [9.17, 15) is 4.79 Å². The van der Waals surface area contributed by atoms with E-state index in [-0.39, 0.29) is 12.0 Å². The predicted molar refractivity (Wildman–Crippen MR) is 74.9 cm³/mol. The van der Waals surface area contributed by atoms with Gasteiger partial charge in [0.25, 0.3) is 0 Å². The lowest BCUT2D eigenvalue weighted by Crippen LogP contribution is -2.47. The summed E-state index contributed by atoms with van der Waals surface area (Å²) >= 11 is 0. The van der Waals surface area contributed by atoms with Crippen molar-refractivity contribution in [3.05, 3.63) is 0 Å². The first-order valence-electron chi connectivity index (χ1n) is 7.16. The van der Waals surface area contributed by atoms with Crippen molar-refractivity contribution in [3.63, 3.8) is 0 Å². The van der Waals surface area contributed by atoms with Crippen LogP contribution in [0.15, 0.2) is 0 Å². The van der Waals surface area contributed by atoms with Crippen LogP contribution in [0.2, 0.25) is 0 Å². The predicted octanol–water partition coefficient (Wildman–Crippen LogP) is 1.06. The molecule has 0 spiro atoms. The van der Waals surface area contributed by atoms with Gasteiger partial charge in [-0.25, -0.2) is 0 Å². The van der Waals surface area contributed by atoms with Gasteiger partial charge < -0.3 is 20.5 Å². The minimum Gasteiger partial charge on any atom is -0.459 e. The molecule has 19 heavy (non-hydrogen) atoms. The summed E-state index contributed by atoms with van der Waals surface area (Å²) < 4.78 is 11.0. The first kappa shape index (κ1) is 16.4. The first-order chi connectivity index (χ1) is 8.92. The summed E-state index contributed by atoms with van der Waals surface area (Å²) in [5.41, 5.74) is 4.99. The van der Waals surface area contributed by atoms with Gasteiger partial charge in [-0.2, -0.15) is 0 Å². The molecule has 5 heteroatoms. The fraction of sp³-hybridized carbons (Fsp3) is 0.929. The number of nitrogens with two attached hydrogens (primary N) is 1. The van der Waals surface area contributed by atoms with Crippen LogP contribution in [0.3, 0.4) is 0 Å². The Hall–Kier alpha value is -0.650. The molecule has 1 fully saturated rings. The van der Waals surface area contributed by atoms with Crippen molar-refractivity contribution in [1.29, 1.82) is 0 Å². The molecule has 0 aromatic rings. The lowest BCUT2D eigenvalue weighted by atomic mass is 9.93. The molecule has 1 saturated heterocycles. The largest absolute Gasteiger partial charge is 0.459 e. The fourth-order valence-electron chi connectivity index (χ4n) is 2.14. The third-order valence-corrected chi connectivity index (χ3v) is 3.05. The van der Waals surface area contributed by atoms with Crippen LogP contribution in [0.4, 0.5) is 0 Å². The number of carbonyl (C=O) groups excluding carboxylic acids is 1. The Morgan fingerprint density at radius 3 is 2.79 bits per heavy atom. The van der Waals surface area contributed by atoms with E-state index < -0.39 is 5.60 Å². The molecule has 3 N–H and O–H groups in total. The van der Waals surface area contributed by atoms with Gasteiger partial charge in [0.05, 0.1) is 0 Å². The van der Waals surface area contributed by atoms with E-state index in [1.807, 2.05) is 20.8 Å². The van der Waals surface area contributed by atoms with Gasteiger partial charge in [0.2, 0.25) is 0 Å². The number of carbonyl (C=O) groups is 1. The summed E-state index contributed by atoms with van der Waals surface area (Å²) in [7, 11) is 0. The lowest BCUT2D eigenvalue weighted by Gasteiger charge is -2.31. The maximum absolute atomic E-state index is 12.0. The summed E-state index contributed by atoms with van der Waals surface area (Å²) in [6, 6.07) is -0.198. The van der Waals surface area contributed by atoms with E-state index in [2.05, 4.69) is 5.32 Å². The van der Waals surface area contributed by atoms with Crippen molar-refractivity contribution < 1.29 is 14.3 Å². The molecule has 0 radical (unpaired) electrons. The standard InChI is InChI=1S/C14H28N2O3/c1-14(2,3)19-13(17)12-9-11(5-7-16-12)10-18-8-4-6-15/h11-12,16H,4-10,15H2,1-3H3. The number of nitrogens with one attached hydrogen (secondary N) is 1. The van der Waals surface area contributed by atoms with Crippen LogP contribution in [-0.2, 0) is 14.3 Å². The molecule has 1 aliphatic rings. The monoisotopic (exact) mass is 272 g/mol. The third-order valence-electron chi connectivity index (χ3n) is 3.05. The molecule has 2 atom stereocenters. The van der Waals surface area contributed by atoms with Crippen LogP contribution in [0.25, 0.3) is 0 Å². The molecular weight excluding hydrogens is 244 g/mol. The van der Waals surface area contributed by atoms with Crippen molar-refractivity contribution in [3.8, 4) is 0 Å². The zero-order chi connectivity index (χ0) is 14.3. The summed E-state index contributed by atoms with van der Waals surface area (Å²) in [6.45, 7) is 8.59. The Labute approximate surface area is 116 Å². The summed E-state index contributed by atoms with van der Waals surface area (Å²) in [5, 5.41) is 3.22. The van der Waals surface area contributed by atoms with E-state index in [1.165, 1.54) is 0 Å². The fourth-order valence-corrected chi connectivity index (χ4v) is 2.14. The molecule has 0 aromatic heterocycles. The third kappa shape index (κ3) is 6.89. The number of hydrogen-bond donors (Lipinski definition) is 2. The van der Waals surface area contributed by atoms with E-state index in [0.717, 1.165) is 25.8 Å². The Morgan fingerprint density at radius 1 is 1.42 bits per heavy atom. The topological polar surface area (TPSA) is 73.6 Å². The Morgan fingerprint density at radius 2 is 2.16 bits per heavy atom. The highest BCUT2D eigenvalue weighted by Gasteiger charge is 2.30. The summed E-state index contributed by atoms with van der Waals surface area (Å²) in [5.74, 6) is 0.274. The highest BCUT2D eigenvalue weighted by Crippen LogP contribution is 2.19. The lowest BCUT2D eigenvalue weighted by molar-refractivity contribution is -0.158. The Kier molecular flexibility index (Phi) is 6.75. The second kappa shape index (κ2) is 7.82. The van der Waals surface area contributed by atoms with Crippen molar-refractivity contribution in [1.82, 2.24) is 5.32 Å². The van der Waals surface area contributed by atoms with Crippen LogP contribution < -0.4 is 11.1 Å². The molecule has 1 heterocycles. The number of piperidine rings is 1. The second-order valence-electron chi connectivity index (χ2n) is 6.15. The zero-order valence-electron chi connectivity index (χ0n) is 12.4. The smallest absolute Gasteiger partial charge is 0.323 e. The van der Waals surface area contributed by atoms with E-state index in [4.69, 9.17) is 15.2 Å². The van der Waals surface area contributed by atoms with Crippen molar-refractivity contribution >= 4 is 5.97 Å². The van der Waals surface area contributed by atoms with Gasteiger partial charge in [0, 0.05) is 13.2 Å². The number of esters is 1. The average Bonchev–Trinajstić information content (AvgIpc) is 2.33. The van der Waals surface area contributed by atoms with E-state index in [1.54, 1.807) is 0 Å². The number of ether oxygens (including phenoxy) is 2. The quantitative estimate of drug-likeness (QED) is 0.559. The molecule has 2 unspecified atom stereocenters. The summed E-state index contributed by atoms with van der Waals surface area (Å²) in [4.78, 5) is 12.0. The first-order valence-corrected chi connectivity index (χ1v) is 7.16. The van der Waals surface area contributed by atoms with Crippen molar-refractivity contribution in [2.75, 3.05) is 26.3 Å². The Balaban J connectivity index is 2.31. The molecule has 0 amide bonds. The molecule has 1 aliphatic heterocycles. The minimum absolute atomic E-state index is 0.154. The van der Waals surface area contributed by atoms with Gasteiger partial charge in [-0.3, -0.25) is 4.79 Å². The van der Waals surface area contributed by atoms with Crippen LogP contribution in [0.1, 0.15) is 40.0 Å². The number of hydrogen-bond acceptors (Lipinski definition) is 5. The highest BCUT2D eigenvalue weighted by molar-refractivity contribution is 5.76. The molecule has 0 saturated carbocycles. The maximum Gasteiger partial charge on any atom is 0.323 e. The van der Waals surface area contributed by atoms with Crippen molar-refractivity contribution in [2.24, 2.45) is 11.7 Å². The van der Waals surface area contributed by atoms with Gasteiger partial charge in [0.1, 0.15) is 11.6 Å². The Bertz CT molecular complexity index is 276. The zero-order valence-corrected chi connectivity index (χ0v) is 12.4. The molecule has 0 aromatic carbocycles. The molecule has 112 valence electrons. The minimum atomic E-state index is -0.427. The van der Waals surface area contributed by atoms with Crippen LogP contribution in [0.5, 0.6) is 0 Å². The van der Waals surface area contributed by atoms with Gasteiger partial charge >= 0.3 is 5.97 Å². The van der Waals surface area contributed by atoms with Gasteiger partial charge in [0.15, 0.2) is 0 Å². The second-order valence-corrected chi connectivity index (χ2v) is 6.15. The maximum atomic E-state index is 12.0. The van der Waals surface area contributed by atoms with Crippen LogP contribution in [-0.4, -0.2) is 43.9 Å². The van der Waals surface area contributed by atoms with Crippen LogP contribution >= 0.6 is 0 Å². The normalized spacial score (nSPS) is 24.2. The SMILES string of the molecule is CC(C)(C)OC(=O)C1CC(COCCCN)CCN1. The molecular formula is C14H28N2O3. The van der Waals surface area contributed by atoms with Gasteiger partial charge in [-0.05, 0) is 59.0 Å². The molecule has 0 bridgehead atoms. The highest BCUT2D eigenvalue weighted by atomic mass is 16.6.